The molecule has 0 aliphatic rings. The van der Waals surface area contributed by atoms with Gasteiger partial charge in [-0.1, -0.05) is 40.9 Å². The van der Waals surface area contributed by atoms with Crippen molar-refractivity contribution in [3.63, 3.8) is 0 Å². The minimum atomic E-state index is -0.703. The lowest BCUT2D eigenvalue weighted by atomic mass is 10.1. The molecule has 0 saturated carbocycles. The van der Waals surface area contributed by atoms with E-state index in [4.69, 9.17) is 49.2 Å². The topological polar surface area (TPSA) is 84.8 Å². The molecular weight excluding hydrogens is 478 g/mol. The van der Waals surface area contributed by atoms with Crippen molar-refractivity contribution < 1.29 is 13.5 Å². The van der Waals surface area contributed by atoms with E-state index in [0.717, 1.165) is 5.69 Å². The smallest absolute Gasteiger partial charge is 0.250 e. The van der Waals surface area contributed by atoms with Gasteiger partial charge >= 0.3 is 0 Å². The van der Waals surface area contributed by atoms with Crippen molar-refractivity contribution in [2.45, 2.75) is 13.3 Å². The van der Waals surface area contributed by atoms with Gasteiger partial charge in [-0.15, -0.1) is 10.2 Å². The molecule has 32 heavy (non-hydrogen) atoms. The van der Waals surface area contributed by atoms with Crippen LogP contribution in [0.3, 0.4) is 0 Å². The van der Waals surface area contributed by atoms with Gasteiger partial charge in [0.15, 0.2) is 11.6 Å². The molecule has 2 aromatic carbocycles. The molecule has 2 aromatic heterocycles. The number of ether oxygens (including phenoxy) is 1. The number of nitriles is 1. The van der Waals surface area contributed by atoms with Crippen LogP contribution in [-0.4, -0.2) is 15.2 Å². The van der Waals surface area contributed by atoms with Crippen LogP contribution in [0.25, 0.3) is 11.5 Å². The van der Waals surface area contributed by atoms with Crippen molar-refractivity contribution in [2.24, 2.45) is 0 Å². The molecule has 0 aliphatic heterocycles. The quantitative estimate of drug-likeness (QED) is 0.287. The molecule has 0 amide bonds. The van der Waals surface area contributed by atoms with Crippen LogP contribution in [-0.2, 0) is 6.42 Å². The van der Waals surface area contributed by atoms with Crippen molar-refractivity contribution in [1.29, 1.82) is 5.26 Å². The molecule has 0 fully saturated rings. The van der Waals surface area contributed by atoms with E-state index in [1.54, 1.807) is 12.1 Å². The molecule has 2 heterocycles. The maximum absolute atomic E-state index is 15.2. The molecule has 0 radical (unpaired) electrons. The van der Waals surface area contributed by atoms with Crippen molar-refractivity contribution in [2.75, 3.05) is 0 Å². The van der Waals surface area contributed by atoms with Gasteiger partial charge < -0.3 is 9.15 Å². The molecule has 10 heteroatoms. The van der Waals surface area contributed by atoms with Gasteiger partial charge in [0.05, 0.1) is 28.6 Å². The molecule has 4 rings (SSSR count). The van der Waals surface area contributed by atoms with Crippen LogP contribution < -0.4 is 4.74 Å². The molecule has 0 atom stereocenters. The van der Waals surface area contributed by atoms with Crippen molar-refractivity contribution >= 4 is 34.8 Å². The summed E-state index contributed by atoms with van der Waals surface area (Å²) in [5, 5.41) is 17.6. The third kappa shape index (κ3) is 4.68. The van der Waals surface area contributed by atoms with E-state index in [9.17, 15) is 0 Å². The zero-order valence-corrected chi connectivity index (χ0v) is 18.6. The van der Waals surface area contributed by atoms with E-state index in [1.807, 2.05) is 13.0 Å². The molecule has 4 aromatic rings. The fourth-order valence-corrected chi connectivity index (χ4v) is 3.58. The third-order valence-electron chi connectivity index (χ3n) is 4.38. The van der Waals surface area contributed by atoms with E-state index >= 15 is 4.39 Å². The van der Waals surface area contributed by atoms with E-state index in [2.05, 4.69) is 15.2 Å². The molecular formula is C22H12Cl3FN4O2. The normalized spacial score (nSPS) is 10.8. The van der Waals surface area contributed by atoms with Crippen LogP contribution in [0.2, 0.25) is 15.2 Å². The number of hydrogen-bond donors (Lipinski definition) is 0. The van der Waals surface area contributed by atoms with Gasteiger partial charge in [0.1, 0.15) is 10.9 Å². The molecule has 6 nitrogen and oxygen atoms in total. The van der Waals surface area contributed by atoms with Crippen molar-refractivity contribution in [3.05, 3.63) is 86.2 Å². The lowest BCUT2D eigenvalue weighted by Gasteiger charge is -2.11. The highest BCUT2D eigenvalue weighted by Crippen LogP contribution is 2.36. The Hall–Kier alpha value is -3.18. The summed E-state index contributed by atoms with van der Waals surface area (Å²) in [6, 6.07) is 12.8. The number of hydrogen-bond acceptors (Lipinski definition) is 6. The van der Waals surface area contributed by atoms with Gasteiger partial charge in [-0.05, 0) is 43.3 Å². The van der Waals surface area contributed by atoms with Gasteiger partial charge in [-0.25, -0.2) is 9.37 Å². The largest absolute Gasteiger partial charge is 0.453 e. The molecule has 160 valence electrons. The molecule has 0 aliphatic carbocycles. The minimum Gasteiger partial charge on any atom is -0.453 e. The first-order valence-corrected chi connectivity index (χ1v) is 10.3. The lowest BCUT2D eigenvalue weighted by molar-refractivity contribution is 0.437. The summed E-state index contributed by atoms with van der Waals surface area (Å²) in [5.41, 5.74) is 1.71. The Kier molecular flexibility index (Phi) is 6.28. The van der Waals surface area contributed by atoms with E-state index in [0.29, 0.717) is 5.56 Å². The third-order valence-corrected chi connectivity index (χ3v) is 5.18. The summed E-state index contributed by atoms with van der Waals surface area (Å²) in [7, 11) is 0. The summed E-state index contributed by atoms with van der Waals surface area (Å²) < 4.78 is 26.4. The summed E-state index contributed by atoms with van der Waals surface area (Å²) in [5.74, 6) is -0.398. The van der Waals surface area contributed by atoms with Crippen LogP contribution in [0.15, 0.2) is 46.9 Å². The summed E-state index contributed by atoms with van der Waals surface area (Å²) >= 11 is 18.3. The van der Waals surface area contributed by atoms with E-state index < -0.39 is 5.82 Å². The number of aromatic nitrogens is 3. The average Bonchev–Trinajstić information content (AvgIpc) is 3.21. The monoisotopic (exact) mass is 488 g/mol. The Bertz CT molecular complexity index is 1370. The van der Waals surface area contributed by atoms with Gasteiger partial charge in [0.25, 0.3) is 5.89 Å². The highest BCUT2D eigenvalue weighted by molar-refractivity contribution is 6.32. The standard InChI is InChI=1S/C22H12Cl3FN4O2/c1-11-2-4-16(21(25)28-11)22-30-29-18(32-22)8-13-3-5-17(24)20(19(13)26)31-15-7-12(10-27)6-14(23)9-15/h2-7,9H,8H2,1H3. The number of nitrogens with zero attached hydrogens (tertiary/aromatic N) is 4. The summed E-state index contributed by atoms with van der Waals surface area (Å²) in [6.07, 6.45) is -0.0116. The average molecular weight is 490 g/mol. The number of halogens is 4. The first-order valence-electron chi connectivity index (χ1n) is 9.15. The molecule has 0 spiro atoms. The fraction of sp³-hybridized carbons (Fsp3) is 0.0909. The number of aryl methyl sites for hydroxylation is 1. The molecule has 0 saturated heterocycles. The van der Waals surface area contributed by atoms with Crippen LogP contribution in [0, 0.1) is 24.1 Å². The first kappa shape index (κ1) is 22.0. The Balaban J connectivity index is 1.62. The molecule has 0 N–H and O–H groups in total. The van der Waals surface area contributed by atoms with Crippen LogP contribution >= 0.6 is 34.8 Å². The zero-order chi connectivity index (χ0) is 22.8. The van der Waals surface area contributed by atoms with Crippen molar-refractivity contribution in [3.8, 4) is 29.0 Å². The maximum atomic E-state index is 15.2. The summed E-state index contributed by atoms with van der Waals surface area (Å²) in [6.45, 7) is 1.81. The van der Waals surface area contributed by atoms with Crippen LogP contribution in [0.1, 0.15) is 22.7 Å². The number of pyridine rings is 1. The van der Waals surface area contributed by atoms with Gasteiger partial charge in [-0.3, -0.25) is 0 Å². The molecule has 0 bridgehead atoms. The fourth-order valence-electron chi connectivity index (χ4n) is 2.89. The van der Waals surface area contributed by atoms with Gasteiger partial charge in [0.2, 0.25) is 5.89 Å². The predicted octanol–water partition coefficient (Wildman–Crippen LogP) is 6.79. The molecule has 0 unspecified atom stereocenters. The maximum Gasteiger partial charge on any atom is 0.250 e. The Labute approximate surface area is 197 Å². The SMILES string of the molecule is Cc1ccc(-c2nnc(Cc3ccc(Cl)c(Oc4cc(Cl)cc(C#N)c4)c3F)o2)c(Cl)n1. The van der Waals surface area contributed by atoms with Crippen LogP contribution in [0.5, 0.6) is 11.5 Å². The Morgan fingerprint density at radius 3 is 2.66 bits per heavy atom. The Morgan fingerprint density at radius 2 is 1.91 bits per heavy atom. The second-order valence-corrected chi connectivity index (χ2v) is 7.91. The first-order chi connectivity index (χ1) is 15.3. The predicted molar refractivity (Wildman–Crippen MR) is 118 cm³/mol. The minimum absolute atomic E-state index is 0.0116. The Morgan fingerprint density at radius 1 is 1.09 bits per heavy atom. The second-order valence-electron chi connectivity index (χ2n) is 6.71. The lowest BCUT2D eigenvalue weighted by Crippen LogP contribution is -1.98. The van der Waals surface area contributed by atoms with Gasteiger partial charge in [-0.2, -0.15) is 5.26 Å². The zero-order valence-electron chi connectivity index (χ0n) is 16.4. The van der Waals surface area contributed by atoms with Crippen LogP contribution in [0.4, 0.5) is 4.39 Å². The van der Waals surface area contributed by atoms with Crippen molar-refractivity contribution in [1.82, 2.24) is 15.2 Å². The highest BCUT2D eigenvalue weighted by atomic mass is 35.5. The highest BCUT2D eigenvalue weighted by Gasteiger charge is 2.19. The number of rotatable bonds is 5. The second kappa shape index (κ2) is 9.13. The van der Waals surface area contributed by atoms with E-state index in [1.165, 1.54) is 30.3 Å². The number of benzene rings is 2. The van der Waals surface area contributed by atoms with E-state index in [-0.39, 0.29) is 56.0 Å². The van der Waals surface area contributed by atoms with Gasteiger partial charge in [0, 0.05) is 16.3 Å². The summed E-state index contributed by atoms with van der Waals surface area (Å²) in [4.78, 5) is 4.15.